The molecule has 200 valence electrons. The summed E-state index contributed by atoms with van der Waals surface area (Å²) in [6, 6.07) is 9.29. The molecule has 0 unspecified atom stereocenters. The summed E-state index contributed by atoms with van der Waals surface area (Å²) in [6.45, 7) is 0.777. The average molecular weight is 526 g/mol. The van der Waals surface area contributed by atoms with E-state index >= 15 is 0 Å². The number of nitrogens with two attached hydrogens (primary N) is 1. The number of esters is 1. The van der Waals surface area contributed by atoms with Gasteiger partial charge in [0.05, 0.1) is 19.8 Å². The molecule has 2 aromatic carbocycles. The molecule has 3 aromatic rings. The van der Waals surface area contributed by atoms with Gasteiger partial charge in [-0.3, -0.25) is 23.5 Å². The SMILES string of the molecule is COc1cc(C(C)=O)ccc1COc1ccc(C(=O)OCC(=O)c2c(N)n(C)c(=O)n(C)c2=O)cc1OC. The first-order valence-corrected chi connectivity index (χ1v) is 11.2. The third-order valence-corrected chi connectivity index (χ3v) is 5.80. The molecule has 0 atom stereocenters. The maximum absolute atomic E-state index is 12.6. The first-order chi connectivity index (χ1) is 18.0. The first-order valence-electron chi connectivity index (χ1n) is 11.2. The fraction of sp³-hybridized carbons (Fsp3) is 0.269. The van der Waals surface area contributed by atoms with E-state index < -0.39 is 35.2 Å². The van der Waals surface area contributed by atoms with Crippen molar-refractivity contribution in [1.82, 2.24) is 9.13 Å². The van der Waals surface area contributed by atoms with Gasteiger partial charge in [0.25, 0.3) is 5.56 Å². The summed E-state index contributed by atoms with van der Waals surface area (Å²) in [5.74, 6) is -1.11. The maximum atomic E-state index is 12.6. The Morgan fingerprint density at radius 2 is 1.50 bits per heavy atom. The van der Waals surface area contributed by atoms with E-state index in [4.69, 9.17) is 24.7 Å². The molecule has 0 bridgehead atoms. The molecule has 12 nitrogen and oxygen atoms in total. The topological polar surface area (TPSA) is 158 Å². The number of carbonyl (C=O) groups is 3. The van der Waals surface area contributed by atoms with E-state index in [0.717, 1.165) is 9.13 Å². The van der Waals surface area contributed by atoms with Crippen molar-refractivity contribution >= 4 is 23.4 Å². The predicted molar refractivity (Wildman–Crippen MR) is 136 cm³/mol. The second-order valence-electron chi connectivity index (χ2n) is 8.20. The summed E-state index contributed by atoms with van der Waals surface area (Å²) in [6.07, 6.45) is 0. The smallest absolute Gasteiger partial charge is 0.338 e. The lowest BCUT2D eigenvalue weighted by Gasteiger charge is -2.14. The number of hydrogen-bond acceptors (Lipinski definition) is 10. The molecule has 38 heavy (non-hydrogen) atoms. The van der Waals surface area contributed by atoms with Crippen LogP contribution in [0.2, 0.25) is 0 Å². The number of benzene rings is 2. The maximum Gasteiger partial charge on any atom is 0.338 e. The van der Waals surface area contributed by atoms with Gasteiger partial charge >= 0.3 is 11.7 Å². The number of Topliss-reactive ketones (excluding diaryl/α,β-unsaturated/α-hetero) is 2. The highest BCUT2D eigenvalue weighted by molar-refractivity contribution is 6.02. The van der Waals surface area contributed by atoms with Gasteiger partial charge in [-0.1, -0.05) is 12.1 Å². The minimum atomic E-state index is -0.887. The molecule has 3 rings (SSSR count). The number of rotatable bonds is 10. The third-order valence-electron chi connectivity index (χ3n) is 5.80. The summed E-state index contributed by atoms with van der Waals surface area (Å²) >= 11 is 0. The summed E-state index contributed by atoms with van der Waals surface area (Å²) in [5.41, 5.74) is 4.99. The van der Waals surface area contributed by atoms with Crippen LogP contribution in [0.5, 0.6) is 17.2 Å². The normalized spacial score (nSPS) is 10.6. The molecular weight excluding hydrogens is 498 g/mol. The molecule has 0 radical (unpaired) electrons. The van der Waals surface area contributed by atoms with Crippen molar-refractivity contribution in [1.29, 1.82) is 0 Å². The molecular formula is C26H27N3O9. The summed E-state index contributed by atoms with van der Waals surface area (Å²) in [5, 5.41) is 0. The van der Waals surface area contributed by atoms with Crippen LogP contribution in [0.1, 0.15) is 43.6 Å². The number of ether oxygens (including phenoxy) is 4. The van der Waals surface area contributed by atoms with Crippen molar-refractivity contribution in [2.24, 2.45) is 14.1 Å². The summed E-state index contributed by atoms with van der Waals surface area (Å²) in [7, 11) is 5.40. The van der Waals surface area contributed by atoms with Gasteiger partial charge in [-0.25, -0.2) is 9.59 Å². The van der Waals surface area contributed by atoms with E-state index in [-0.39, 0.29) is 29.5 Å². The highest BCUT2D eigenvalue weighted by Crippen LogP contribution is 2.30. The molecule has 0 aliphatic heterocycles. The number of methoxy groups -OCH3 is 2. The van der Waals surface area contributed by atoms with Gasteiger partial charge in [-0.2, -0.15) is 0 Å². The Balaban J connectivity index is 1.73. The van der Waals surface area contributed by atoms with Gasteiger partial charge in [0.1, 0.15) is 23.7 Å². The second kappa shape index (κ2) is 11.5. The number of nitrogens with zero attached hydrogens (tertiary/aromatic N) is 2. The van der Waals surface area contributed by atoms with Crippen LogP contribution >= 0.6 is 0 Å². The van der Waals surface area contributed by atoms with E-state index in [2.05, 4.69) is 0 Å². The number of aromatic nitrogens is 2. The molecule has 2 N–H and O–H groups in total. The van der Waals surface area contributed by atoms with Gasteiger partial charge < -0.3 is 24.7 Å². The molecule has 0 spiro atoms. The largest absolute Gasteiger partial charge is 0.496 e. The number of nitrogen functional groups attached to an aromatic ring is 1. The zero-order valence-corrected chi connectivity index (χ0v) is 21.5. The number of carbonyl (C=O) groups excluding carboxylic acids is 3. The summed E-state index contributed by atoms with van der Waals surface area (Å²) < 4.78 is 23.3. The number of anilines is 1. The van der Waals surface area contributed by atoms with Crippen LogP contribution in [0.15, 0.2) is 46.0 Å². The summed E-state index contributed by atoms with van der Waals surface area (Å²) in [4.78, 5) is 61.1. The zero-order valence-electron chi connectivity index (χ0n) is 21.5. The third kappa shape index (κ3) is 5.59. The Morgan fingerprint density at radius 3 is 2.13 bits per heavy atom. The van der Waals surface area contributed by atoms with Crippen molar-refractivity contribution in [2.75, 3.05) is 26.6 Å². The Labute approximate surface area is 217 Å². The predicted octanol–water partition coefficient (Wildman–Crippen LogP) is 1.50. The molecule has 1 heterocycles. The quantitative estimate of drug-likeness (QED) is 0.304. The molecule has 0 amide bonds. The van der Waals surface area contributed by atoms with Gasteiger partial charge in [-0.15, -0.1) is 0 Å². The van der Waals surface area contributed by atoms with Crippen molar-refractivity contribution < 1.29 is 33.3 Å². The van der Waals surface area contributed by atoms with Crippen LogP contribution < -0.4 is 31.2 Å². The van der Waals surface area contributed by atoms with Gasteiger partial charge in [0.2, 0.25) is 5.78 Å². The van der Waals surface area contributed by atoms with Crippen molar-refractivity contribution in [3.05, 3.63) is 79.5 Å². The van der Waals surface area contributed by atoms with Crippen LogP contribution in [0, 0.1) is 0 Å². The van der Waals surface area contributed by atoms with Crippen LogP contribution in [0.3, 0.4) is 0 Å². The standard InChI is InChI=1S/C26H27N3O9/c1-14(30)15-6-7-17(20(10-15)35-4)12-37-19-9-8-16(11-21(19)36-5)25(33)38-13-18(31)22-23(27)28(2)26(34)29(3)24(22)32/h6-11H,12-13,27H2,1-5H3. The highest BCUT2D eigenvalue weighted by atomic mass is 16.5. The van der Waals surface area contributed by atoms with E-state index in [9.17, 15) is 24.0 Å². The lowest BCUT2D eigenvalue weighted by Crippen LogP contribution is -2.42. The van der Waals surface area contributed by atoms with Crippen molar-refractivity contribution in [2.45, 2.75) is 13.5 Å². The van der Waals surface area contributed by atoms with Gasteiger partial charge in [0, 0.05) is 25.2 Å². The first kappa shape index (κ1) is 27.7. The van der Waals surface area contributed by atoms with E-state index in [1.807, 2.05) is 0 Å². The molecule has 12 heteroatoms. The van der Waals surface area contributed by atoms with E-state index in [0.29, 0.717) is 22.6 Å². The van der Waals surface area contributed by atoms with Crippen molar-refractivity contribution in [3.63, 3.8) is 0 Å². The monoisotopic (exact) mass is 525 g/mol. The van der Waals surface area contributed by atoms with Crippen LogP contribution in [0.25, 0.3) is 0 Å². The molecule has 0 saturated carbocycles. The van der Waals surface area contributed by atoms with Crippen LogP contribution in [-0.4, -0.2) is 47.5 Å². The number of hydrogen-bond donors (Lipinski definition) is 1. The highest BCUT2D eigenvalue weighted by Gasteiger charge is 2.22. The average Bonchev–Trinajstić information content (AvgIpc) is 2.92. The number of ketones is 2. The minimum absolute atomic E-state index is 0.0618. The molecule has 0 aliphatic carbocycles. The van der Waals surface area contributed by atoms with Crippen LogP contribution in [0.4, 0.5) is 5.82 Å². The van der Waals surface area contributed by atoms with Crippen LogP contribution in [-0.2, 0) is 25.4 Å². The Kier molecular flexibility index (Phi) is 8.36. The van der Waals surface area contributed by atoms with E-state index in [1.165, 1.54) is 53.4 Å². The Hall–Kier alpha value is -4.87. The minimum Gasteiger partial charge on any atom is -0.496 e. The second-order valence-corrected chi connectivity index (χ2v) is 8.20. The fourth-order valence-corrected chi connectivity index (χ4v) is 3.56. The molecule has 0 fully saturated rings. The van der Waals surface area contributed by atoms with E-state index in [1.54, 1.807) is 18.2 Å². The lowest BCUT2D eigenvalue weighted by atomic mass is 10.1. The van der Waals surface area contributed by atoms with Gasteiger partial charge in [-0.05, 0) is 31.2 Å². The lowest BCUT2D eigenvalue weighted by molar-refractivity contribution is 0.0473. The van der Waals surface area contributed by atoms with Crippen molar-refractivity contribution in [3.8, 4) is 17.2 Å². The molecule has 1 aromatic heterocycles. The molecule has 0 aliphatic rings. The Morgan fingerprint density at radius 1 is 0.868 bits per heavy atom. The Bertz CT molecular complexity index is 1540. The van der Waals surface area contributed by atoms with Gasteiger partial charge in [0.15, 0.2) is 23.9 Å². The zero-order chi connectivity index (χ0) is 28.1. The fourth-order valence-electron chi connectivity index (χ4n) is 3.56. The molecule has 0 saturated heterocycles.